The molecule has 1 amide bonds. The van der Waals surface area contributed by atoms with Gasteiger partial charge in [0.1, 0.15) is 5.69 Å². The summed E-state index contributed by atoms with van der Waals surface area (Å²) in [5.74, 6) is -1.12. The minimum Gasteiger partial charge on any atom is -0.383 e. The van der Waals surface area contributed by atoms with Gasteiger partial charge >= 0.3 is 6.18 Å². The lowest BCUT2D eigenvalue weighted by Gasteiger charge is -2.34. The van der Waals surface area contributed by atoms with Gasteiger partial charge < -0.3 is 10.0 Å². The van der Waals surface area contributed by atoms with Gasteiger partial charge in [-0.3, -0.25) is 9.89 Å². The average Bonchev–Trinajstić information content (AvgIpc) is 2.90. The van der Waals surface area contributed by atoms with Gasteiger partial charge in [0.15, 0.2) is 6.10 Å². The van der Waals surface area contributed by atoms with Gasteiger partial charge in [-0.25, -0.2) is 0 Å². The molecule has 0 spiro atoms. The van der Waals surface area contributed by atoms with Gasteiger partial charge in [-0.1, -0.05) is 0 Å². The van der Waals surface area contributed by atoms with Gasteiger partial charge in [-0.2, -0.15) is 18.3 Å². The third kappa shape index (κ3) is 3.06. The van der Waals surface area contributed by atoms with Crippen LogP contribution in [0.4, 0.5) is 13.2 Å². The van der Waals surface area contributed by atoms with Crippen LogP contribution in [0.25, 0.3) is 0 Å². The fourth-order valence-corrected chi connectivity index (χ4v) is 2.23. The van der Waals surface area contributed by atoms with E-state index in [-0.39, 0.29) is 31.8 Å². The van der Waals surface area contributed by atoms with Crippen LogP contribution in [0.15, 0.2) is 12.3 Å². The summed E-state index contributed by atoms with van der Waals surface area (Å²) < 4.78 is 37.1. The Morgan fingerprint density at radius 1 is 1.47 bits per heavy atom. The average molecular weight is 277 g/mol. The number of aliphatic hydroxyl groups excluding tert-OH is 1. The number of piperidine rings is 1. The van der Waals surface area contributed by atoms with Gasteiger partial charge in [-0.05, 0) is 24.8 Å². The van der Waals surface area contributed by atoms with Crippen LogP contribution >= 0.6 is 0 Å². The van der Waals surface area contributed by atoms with Gasteiger partial charge in [0.2, 0.25) is 0 Å². The molecule has 0 saturated carbocycles. The Morgan fingerprint density at radius 2 is 2.11 bits per heavy atom. The number of halogens is 3. The third-order valence-corrected chi connectivity index (χ3v) is 3.34. The van der Waals surface area contributed by atoms with Gasteiger partial charge in [-0.15, -0.1) is 0 Å². The number of amides is 1. The monoisotopic (exact) mass is 277 g/mol. The Labute approximate surface area is 107 Å². The molecule has 1 aliphatic heterocycles. The molecule has 2 rings (SSSR count). The second-order valence-corrected chi connectivity index (χ2v) is 4.59. The van der Waals surface area contributed by atoms with Crippen molar-refractivity contribution in [2.24, 2.45) is 5.92 Å². The number of nitrogens with one attached hydrogen (secondary N) is 1. The highest BCUT2D eigenvalue weighted by Crippen LogP contribution is 2.31. The molecule has 0 aliphatic carbocycles. The number of aliphatic hydroxyl groups is 1. The zero-order chi connectivity index (χ0) is 14.0. The molecule has 0 radical (unpaired) electrons. The topological polar surface area (TPSA) is 69.2 Å². The molecule has 1 aromatic heterocycles. The smallest absolute Gasteiger partial charge is 0.383 e. The first-order valence-electron chi connectivity index (χ1n) is 5.93. The SMILES string of the molecule is O=C(c1ccn[nH]1)N1CCC(C(O)C(F)(F)F)CC1. The van der Waals surface area contributed by atoms with Crippen LogP contribution in [0.1, 0.15) is 23.3 Å². The van der Waals surface area contributed by atoms with Crippen LogP contribution in [-0.4, -0.2) is 51.5 Å². The highest BCUT2D eigenvalue weighted by Gasteiger charge is 2.44. The summed E-state index contributed by atoms with van der Waals surface area (Å²) in [6.45, 7) is 0.408. The Balaban J connectivity index is 1.91. The molecule has 1 aromatic rings. The second kappa shape index (κ2) is 5.20. The van der Waals surface area contributed by atoms with E-state index in [1.54, 1.807) is 0 Å². The van der Waals surface area contributed by atoms with Crippen molar-refractivity contribution < 1.29 is 23.1 Å². The normalized spacial score (nSPS) is 19.5. The molecule has 1 aliphatic rings. The fourth-order valence-electron chi connectivity index (χ4n) is 2.23. The number of aromatic amines is 1. The van der Waals surface area contributed by atoms with Crippen molar-refractivity contribution in [1.82, 2.24) is 15.1 Å². The number of rotatable bonds is 2. The Hall–Kier alpha value is -1.57. The molecule has 1 unspecified atom stereocenters. The van der Waals surface area contributed by atoms with Crippen molar-refractivity contribution in [3.8, 4) is 0 Å². The zero-order valence-electron chi connectivity index (χ0n) is 10.0. The standard InChI is InChI=1S/C11H14F3N3O2/c12-11(13,14)9(18)7-2-5-17(6-3-7)10(19)8-1-4-15-16-8/h1,4,7,9,18H,2-3,5-6H2,(H,15,16). The third-order valence-electron chi connectivity index (χ3n) is 3.34. The van der Waals surface area contributed by atoms with Gasteiger partial charge in [0, 0.05) is 19.3 Å². The maximum absolute atomic E-state index is 12.4. The van der Waals surface area contributed by atoms with Crippen LogP contribution in [0, 0.1) is 5.92 Å². The van der Waals surface area contributed by atoms with E-state index in [1.165, 1.54) is 17.2 Å². The van der Waals surface area contributed by atoms with Gasteiger partial charge in [0.25, 0.3) is 5.91 Å². The Morgan fingerprint density at radius 3 is 2.58 bits per heavy atom. The summed E-state index contributed by atoms with van der Waals surface area (Å²) in [5.41, 5.74) is 0.315. The van der Waals surface area contributed by atoms with Crippen molar-refractivity contribution in [3.05, 3.63) is 18.0 Å². The number of nitrogens with zero attached hydrogens (tertiary/aromatic N) is 2. The summed E-state index contributed by atoms with van der Waals surface area (Å²) in [7, 11) is 0. The van der Waals surface area contributed by atoms with E-state index in [0.717, 1.165) is 0 Å². The molecule has 1 atom stereocenters. The van der Waals surface area contributed by atoms with E-state index in [0.29, 0.717) is 5.69 Å². The molecular weight excluding hydrogens is 263 g/mol. The minimum absolute atomic E-state index is 0.139. The molecule has 0 bridgehead atoms. The number of carbonyl (C=O) groups is 1. The first-order valence-corrected chi connectivity index (χ1v) is 5.93. The highest BCUT2D eigenvalue weighted by atomic mass is 19.4. The molecule has 2 N–H and O–H groups in total. The quantitative estimate of drug-likeness (QED) is 0.853. The van der Waals surface area contributed by atoms with Crippen molar-refractivity contribution in [2.45, 2.75) is 25.1 Å². The van der Waals surface area contributed by atoms with Gasteiger partial charge in [0.05, 0.1) is 0 Å². The number of likely N-dealkylation sites (tertiary alicyclic amines) is 1. The van der Waals surface area contributed by atoms with Crippen LogP contribution in [0.3, 0.4) is 0 Å². The number of alkyl halides is 3. The summed E-state index contributed by atoms with van der Waals surface area (Å²) in [4.78, 5) is 13.4. The first-order chi connectivity index (χ1) is 8.89. The summed E-state index contributed by atoms with van der Waals surface area (Å²) >= 11 is 0. The number of aromatic nitrogens is 2. The number of H-pyrrole nitrogens is 1. The zero-order valence-corrected chi connectivity index (χ0v) is 10.0. The van der Waals surface area contributed by atoms with E-state index >= 15 is 0 Å². The van der Waals surface area contributed by atoms with E-state index < -0.39 is 18.2 Å². The lowest BCUT2D eigenvalue weighted by Crippen LogP contribution is -2.45. The Bertz CT molecular complexity index is 425. The first kappa shape index (κ1) is 13.9. The summed E-state index contributed by atoms with van der Waals surface area (Å²) in [5, 5.41) is 15.3. The predicted octanol–water partition coefficient (Wildman–Crippen LogP) is 1.19. The van der Waals surface area contributed by atoms with Crippen LogP contribution < -0.4 is 0 Å². The Kier molecular flexibility index (Phi) is 3.79. The van der Waals surface area contributed by atoms with E-state index in [1.807, 2.05) is 0 Å². The lowest BCUT2D eigenvalue weighted by molar-refractivity contribution is -0.222. The molecule has 0 aromatic carbocycles. The fraction of sp³-hybridized carbons (Fsp3) is 0.636. The highest BCUT2D eigenvalue weighted by molar-refractivity contribution is 5.92. The molecule has 2 heterocycles. The molecular formula is C11H14F3N3O2. The summed E-state index contributed by atoms with van der Waals surface area (Å²) in [6.07, 6.45) is -5.19. The van der Waals surface area contributed by atoms with Crippen molar-refractivity contribution in [3.63, 3.8) is 0 Å². The molecule has 1 fully saturated rings. The van der Waals surface area contributed by atoms with Crippen molar-refractivity contribution in [2.75, 3.05) is 13.1 Å². The van der Waals surface area contributed by atoms with E-state index in [2.05, 4.69) is 10.2 Å². The van der Waals surface area contributed by atoms with Crippen LogP contribution in [0.2, 0.25) is 0 Å². The van der Waals surface area contributed by atoms with Crippen molar-refractivity contribution in [1.29, 1.82) is 0 Å². The minimum atomic E-state index is -4.60. The molecule has 5 nitrogen and oxygen atoms in total. The van der Waals surface area contributed by atoms with E-state index in [4.69, 9.17) is 0 Å². The number of carbonyl (C=O) groups excluding carboxylic acids is 1. The lowest BCUT2D eigenvalue weighted by atomic mass is 9.91. The second-order valence-electron chi connectivity index (χ2n) is 4.59. The molecule has 1 saturated heterocycles. The maximum Gasteiger partial charge on any atom is 0.414 e. The predicted molar refractivity (Wildman–Crippen MR) is 59.3 cm³/mol. The maximum atomic E-state index is 12.4. The number of hydrogen-bond donors (Lipinski definition) is 2. The molecule has 106 valence electrons. The molecule has 8 heteroatoms. The van der Waals surface area contributed by atoms with Crippen LogP contribution in [-0.2, 0) is 0 Å². The van der Waals surface area contributed by atoms with Crippen LogP contribution in [0.5, 0.6) is 0 Å². The van der Waals surface area contributed by atoms with Crippen molar-refractivity contribution >= 4 is 5.91 Å². The molecule has 19 heavy (non-hydrogen) atoms. The number of hydrogen-bond acceptors (Lipinski definition) is 3. The van der Waals surface area contributed by atoms with E-state index in [9.17, 15) is 23.1 Å². The largest absolute Gasteiger partial charge is 0.414 e. The summed E-state index contributed by atoms with van der Waals surface area (Å²) in [6, 6.07) is 1.51.